The molecular weight excluding hydrogens is 372 g/mol. The van der Waals surface area contributed by atoms with Gasteiger partial charge in [-0.2, -0.15) is 0 Å². The maximum absolute atomic E-state index is 12.6. The predicted octanol–water partition coefficient (Wildman–Crippen LogP) is 3.38. The van der Waals surface area contributed by atoms with Gasteiger partial charge >= 0.3 is 5.97 Å². The number of fused-ring (bicyclic) bond motifs is 1. The van der Waals surface area contributed by atoms with Crippen LogP contribution in [-0.2, 0) is 20.9 Å². The van der Waals surface area contributed by atoms with Crippen LogP contribution in [0.2, 0.25) is 0 Å². The standard InChI is InChI=1S/C22H24N2O5/c1-22(2,3)21(27)23-16-8-9-18-17(11-16)24(19(25)13-29-18)12-14-6-5-7-15(10-14)20(26)28-4/h5-11H,12-13H2,1-4H3,(H,23,27). The number of ether oxygens (including phenoxy) is 2. The van der Waals surface area contributed by atoms with Crippen LogP contribution >= 0.6 is 0 Å². The molecule has 0 fully saturated rings. The summed E-state index contributed by atoms with van der Waals surface area (Å²) in [5.74, 6) is -0.215. The Kier molecular flexibility index (Phi) is 5.59. The average molecular weight is 396 g/mol. The van der Waals surface area contributed by atoms with Crippen LogP contribution in [0.25, 0.3) is 0 Å². The Labute approximate surface area is 169 Å². The van der Waals surface area contributed by atoms with Crippen molar-refractivity contribution in [3.05, 3.63) is 53.6 Å². The second kappa shape index (κ2) is 7.95. The molecular formula is C22H24N2O5. The summed E-state index contributed by atoms with van der Waals surface area (Å²) in [5, 5.41) is 2.87. The van der Waals surface area contributed by atoms with Gasteiger partial charge in [-0.15, -0.1) is 0 Å². The summed E-state index contributed by atoms with van der Waals surface area (Å²) in [7, 11) is 1.32. The Morgan fingerprint density at radius 3 is 2.62 bits per heavy atom. The van der Waals surface area contributed by atoms with Crippen LogP contribution in [0.3, 0.4) is 0 Å². The molecule has 29 heavy (non-hydrogen) atoms. The van der Waals surface area contributed by atoms with E-state index in [4.69, 9.17) is 9.47 Å². The summed E-state index contributed by atoms with van der Waals surface area (Å²) in [4.78, 5) is 38.2. The Hall–Kier alpha value is -3.35. The van der Waals surface area contributed by atoms with Crippen molar-refractivity contribution < 1.29 is 23.9 Å². The maximum Gasteiger partial charge on any atom is 0.337 e. The summed E-state index contributed by atoms with van der Waals surface area (Å²) >= 11 is 0. The smallest absolute Gasteiger partial charge is 0.337 e. The fourth-order valence-electron chi connectivity index (χ4n) is 2.87. The summed E-state index contributed by atoms with van der Waals surface area (Å²) in [6.07, 6.45) is 0. The van der Waals surface area contributed by atoms with Crippen molar-refractivity contribution in [2.75, 3.05) is 23.9 Å². The second-order valence-electron chi connectivity index (χ2n) is 7.85. The van der Waals surface area contributed by atoms with E-state index in [-0.39, 0.29) is 25.0 Å². The third kappa shape index (κ3) is 4.56. The zero-order valence-electron chi connectivity index (χ0n) is 16.9. The number of carbonyl (C=O) groups is 3. The number of carbonyl (C=O) groups excluding carboxylic acids is 3. The van der Waals surface area contributed by atoms with Crippen LogP contribution < -0.4 is 15.0 Å². The number of hydrogen-bond donors (Lipinski definition) is 1. The van der Waals surface area contributed by atoms with E-state index in [1.807, 2.05) is 26.8 Å². The maximum atomic E-state index is 12.6. The molecule has 7 heteroatoms. The first-order valence-corrected chi connectivity index (χ1v) is 9.25. The number of benzene rings is 2. The summed E-state index contributed by atoms with van der Waals surface area (Å²) in [6.45, 7) is 5.67. The van der Waals surface area contributed by atoms with E-state index in [9.17, 15) is 14.4 Å². The highest BCUT2D eigenvalue weighted by Crippen LogP contribution is 2.36. The van der Waals surface area contributed by atoms with Gasteiger partial charge in [-0.3, -0.25) is 9.59 Å². The van der Waals surface area contributed by atoms with Crippen LogP contribution in [-0.4, -0.2) is 31.5 Å². The van der Waals surface area contributed by atoms with Crippen LogP contribution in [0.15, 0.2) is 42.5 Å². The van der Waals surface area contributed by atoms with Crippen molar-refractivity contribution >= 4 is 29.2 Å². The number of esters is 1. The molecule has 0 spiro atoms. The van der Waals surface area contributed by atoms with Crippen LogP contribution in [0.1, 0.15) is 36.7 Å². The number of anilines is 2. The fourth-order valence-corrected chi connectivity index (χ4v) is 2.87. The van der Waals surface area contributed by atoms with Gasteiger partial charge in [-0.25, -0.2) is 4.79 Å². The summed E-state index contributed by atoms with van der Waals surface area (Å²) < 4.78 is 10.3. The number of methoxy groups -OCH3 is 1. The van der Waals surface area contributed by atoms with E-state index < -0.39 is 11.4 Å². The van der Waals surface area contributed by atoms with E-state index in [2.05, 4.69) is 5.32 Å². The van der Waals surface area contributed by atoms with Crippen molar-refractivity contribution in [1.29, 1.82) is 0 Å². The molecule has 1 heterocycles. The Balaban J connectivity index is 1.90. The van der Waals surface area contributed by atoms with Gasteiger partial charge < -0.3 is 19.7 Å². The van der Waals surface area contributed by atoms with Gasteiger partial charge in [0.15, 0.2) is 6.61 Å². The van der Waals surface area contributed by atoms with Gasteiger partial charge in [0.2, 0.25) is 5.91 Å². The number of hydrogen-bond acceptors (Lipinski definition) is 5. The van der Waals surface area contributed by atoms with Crippen molar-refractivity contribution in [1.82, 2.24) is 0 Å². The Morgan fingerprint density at radius 2 is 1.93 bits per heavy atom. The average Bonchev–Trinajstić information content (AvgIpc) is 2.69. The lowest BCUT2D eigenvalue weighted by Crippen LogP contribution is -2.38. The molecule has 0 bridgehead atoms. The SMILES string of the molecule is COC(=O)c1cccc(CN2C(=O)COc3ccc(NC(=O)C(C)(C)C)cc32)c1. The molecule has 2 aromatic carbocycles. The van der Waals surface area contributed by atoms with Gasteiger partial charge in [0, 0.05) is 11.1 Å². The molecule has 0 atom stereocenters. The number of nitrogens with one attached hydrogen (secondary N) is 1. The molecule has 2 aromatic rings. The van der Waals surface area contributed by atoms with Gasteiger partial charge in [0.1, 0.15) is 5.75 Å². The van der Waals surface area contributed by atoms with E-state index in [0.29, 0.717) is 22.7 Å². The van der Waals surface area contributed by atoms with E-state index in [1.54, 1.807) is 41.3 Å². The zero-order chi connectivity index (χ0) is 21.2. The first-order valence-electron chi connectivity index (χ1n) is 9.25. The van der Waals surface area contributed by atoms with Crippen LogP contribution in [0, 0.1) is 5.41 Å². The van der Waals surface area contributed by atoms with Crippen LogP contribution in [0.4, 0.5) is 11.4 Å². The summed E-state index contributed by atoms with van der Waals surface area (Å²) in [5.41, 5.74) is 1.79. The highest BCUT2D eigenvalue weighted by atomic mass is 16.5. The largest absolute Gasteiger partial charge is 0.482 e. The van der Waals surface area contributed by atoms with Crippen molar-refractivity contribution in [3.8, 4) is 5.75 Å². The third-order valence-electron chi connectivity index (χ3n) is 4.53. The molecule has 0 unspecified atom stereocenters. The van der Waals surface area contributed by atoms with Crippen molar-refractivity contribution in [2.45, 2.75) is 27.3 Å². The van der Waals surface area contributed by atoms with E-state index in [1.165, 1.54) is 7.11 Å². The Morgan fingerprint density at radius 1 is 1.17 bits per heavy atom. The molecule has 0 saturated carbocycles. The minimum atomic E-state index is -0.545. The van der Waals surface area contributed by atoms with Gasteiger partial charge in [0.05, 0.1) is 24.9 Å². The quantitative estimate of drug-likeness (QED) is 0.801. The minimum absolute atomic E-state index is 0.0720. The molecule has 1 aliphatic rings. The van der Waals surface area contributed by atoms with Crippen molar-refractivity contribution in [3.63, 3.8) is 0 Å². The van der Waals surface area contributed by atoms with E-state index >= 15 is 0 Å². The second-order valence-corrected chi connectivity index (χ2v) is 7.85. The minimum Gasteiger partial charge on any atom is -0.482 e. The molecule has 0 saturated heterocycles. The predicted molar refractivity (Wildman–Crippen MR) is 109 cm³/mol. The van der Waals surface area contributed by atoms with Gasteiger partial charge in [0.25, 0.3) is 5.91 Å². The lowest BCUT2D eigenvalue weighted by Gasteiger charge is -2.30. The highest BCUT2D eigenvalue weighted by Gasteiger charge is 2.27. The normalized spacial score (nSPS) is 13.4. The number of nitrogens with zero attached hydrogens (tertiary/aromatic N) is 1. The first kappa shape index (κ1) is 20.4. The van der Waals surface area contributed by atoms with Gasteiger partial charge in [-0.05, 0) is 35.9 Å². The molecule has 3 rings (SSSR count). The molecule has 0 aromatic heterocycles. The monoisotopic (exact) mass is 396 g/mol. The highest BCUT2D eigenvalue weighted by molar-refractivity contribution is 6.00. The van der Waals surface area contributed by atoms with Crippen LogP contribution in [0.5, 0.6) is 5.75 Å². The van der Waals surface area contributed by atoms with Gasteiger partial charge in [-0.1, -0.05) is 32.9 Å². The molecule has 2 amide bonds. The molecule has 0 aliphatic carbocycles. The number of rotatable bonds is 4. The molecule has 7 nitrogen and oxygen atoms in total. The lowest BCUT2D eigenvalue weighted by atomic mass is 9.95. The number of amides is 2. The molecule has 0 radical (unpaired) electrons. The third-order valence-corrected chi connectivity index (χ3v) is 4.53. The zero-order valence-corrected chi connectivity index (χ0v) is 16.9. The van der Waals surface area contributed by atoms with Crippen molar-refractivity contribution in [2.24, 2.45) is 5.41 Å². The Bertz CT molecular complexity index is 962. The topological polar surface area (TPSA) is 84.9 Å². The first-order chi connectivity index (χ1) is 13.7. The molecule has 152 valence electrons. The summed E-state index contributed by atoms with van der Waals surface area (Å²) in [6, 6.07) is 12.1. The van der Waals surface area contributed by atoms with E-state index in [0.717, 1.165) is 5.56 Å². The molecule has 1 aliphatic heterocycles. The fraction of sp³-hybridized carbons (Fsp3) is 0.318. The molecule has 1 N–H and O–H groups in total. The lowest BCUT2D eigenvalue weighted by molar-refractivity contribution is -0.123.